The molecule has 1 aromatic heterocycles. The summed E-state index contributed by atoms with van der Waals surface area (Å²) in [7, 11) is 1.58. The molecule has 2 aromatic carbocycles. The third-order valence-corrected chi connectivity index (χ3v) is 5.70. The molecule has 4 rings (SSSR count). The average molecular weight is 466 g/mol. The number of aromatic nitrogens is 2. The minimum absolute atomic E-state index is 0.0656. The third-order valence-electron chi connectivity index (χ3n) is 5.70. The maximum atomic E-state index is 13.3. The number of hydrogen-bond acceptors (Lipinski definition) is 7. The van der Waals surface area contributed by atoms with E-state index in [1.807, 2.05) is 24.3 Å². The molecule has 0 saturated carbocycles. The van der Waals surface area contributed by atoms with Gasteiger partial charge in [-0.3, -0.25) is 19.0 Å². The minimum atomic E-state index is -0.897. The van der Waals surface area contributed by atoms with Crippen molar-refractivity contribution >= 4 is 22.9 Å². The normalized spacial score (nSPS) is 14.6. The number of esters is 1. The zero-order chi connectivity index (χ0) is 24.1. The van der Waals surface area contributed by atoms with Gasteiger partial charge in [-0.15, -0.1) is 0 Å². The lowest BCUT2D eigenvalue weighted by Gasteiger charge is -2.28. The van der Waals surface area contributed by atoms with Crippen molar-refractivity contribution < 1.29 is 23.8 Å². The van der Waals surface area contributed by atoms with Gasteiger partial charge in [0, 0.05) is 25.2 Å². The van der Waals surface area contributed by atoms with Crippen LogP contribution in [0, 0.1) is 0 Å². The summed E-state index contributed by atoms with van der Waals surface area (Å²) in [5, 5.41) is 0. The number of aryl methyl sites for hydroxylation is 1. The first kappa shape index (κ1) is 23.4. The Kier molecular flexibility index (Phi) is 7.22. The number of para-hydroxylation sites is 2. The number of carbonyl (C=O) groups is 2. The number of fused-ring (bicyclic) bond motifs is 1. The molecule has 9 nitrogen and oxygen atoms in total. The number of methoxy groups -OCH3 is 1. The number of hydrogen-bond donors (Lipinski definition) is 0. The number of rotatable bonds is 7. The first-order valence-electron chi connectivity index (χ1n) is 11.2. The van der Waals surface area contributed by atoms with Gasteiger partial charge in [-0.25, -0.2) is 4.98 Å². The second-order valence-corrected chi connectivity index (χ2v) is 7.96. The topological polar surface area (TPSA) is 100.0 Å². The maximum absolute atomic E-state index is 13.3. The summed E-state index contributed by atoms with van der Waals surface area (Å²) in [5.41, 5.74) is 1.90. The summed E-state index contributed by atoms with van der Waals surface area (Å²) in [6.45, 7) is 3.46. The molecule has 0 radical (unpaired) electrons. The minimum Gasteiger partial charge on any atom is -0.497 e. The number of benzene rings is 2. The highest BCUT2D eigenvalue weighted by Gasteiger charge is 2.25. The van der Waals surface area contributed by atoms with Crippen LogP contribution in [0.2, 0.25) is 0 Å². The molecule has 2 heterocycles. The predicted molar refractivity (Wildman–Crippen MR) is 125 cm³/mol. The molecule has 0 bridgehead atoms. The highest BCUT2D eigenvalue weighted by Crippen LogP contribution is 2.19. The van der Waals surface area contributed by atoms with Crippen molar-refractivity contribution in [1.29, 1.82) is 0 Å². The van der Waals surface area contributed by atoms with Crippen LogP contribution in [-0.2, 0) is 25.5 Å². The number of nitrogens with zero attached hydrogens (tertiary/aromatic N) is 3. The largest absolute Gasteiger partial charge is 0.497 e. The second kappa shape index (κ2) is 10.5. The number of morpholine rings is 1. The van der Waals surface area contributed by atoms with Gasteiger partial charge in [0.15, 0.2) is 6.10 Å². The SMILES string of the molecule is COc1ccc(-n2c(=O)c(CCC(=O)O[C@@H](C)C(=O)N3CCOCC3)nc3ccccc32)cc1. The Morgan fingerprint density at radius 3 is 2.50 bits per heavy atom. The van der Waals surface area contributed by atoms with E-state index in [4.69, 9.17) is 14.2 Å². The molecule has 34 heavy (non-hydrogen) atoms. The molecule has 0 N–H and O–H groups in total. The Bertz CT molecular complexity index is 1230. The Morgan fingerprint density at radius 2 is 1.79 bits per heavy atom. The van der Waals surface area contributed by atoms with Gasteiger partial charge in [-0.2, -0.15) is 0 Å². The molecule has 3 aromatic rings. The molecular formula is C25H27N3O6. The van der Waals surface area contributed by atoms with E-state index in [-0.39, 0.29) is 30.0 Å². The van der Waals surface area contributed by atoms with Crippen molar-refractivity contribution in [2.45, 2.75) is 25.9 Å². The van der Waals surface area contributed by atoms with E-state index in [1.165, 1.54) is 0 Å². The van der Waals surface area contributed by atoms with E-state index < -0.39 is 12.1 Å². The van der Waals surface area contributed by atoms with Crippen LogP contribution >= 0.6 is 0 Å². The lowest BCUT2D eigenvalue weighted by Crippen LogP contribution is -2.46. The van der Waals surface area contributed by atoms with Crippen molar-refractivity contribution in [3.8, 4) is 11.4 Å². The molecule has 0 spiro atoms. The predicted octanol–water partition coefficient (Wildman–Crippen LogP) is 2.12. The van der Waals surface area contributed by atoms with Crippen LogP contribution in [0.15, 0.2) is 53.3 Å². The summed E-state index contributed by atoms with van der Waals surface area (Å²) >= 11 is 0. The van der Waals surface area contributed by atoms with E-state index in [9.17, 15) is 14.4 Å². The van der Waals surface area contributed by atoms with Gasteiger partial charge in [0.25, 0.3) is 11.5 Å². The van der Waals surface area contributed by atoms with E-state index in [1.54, 1.807) is 47.8 Å². The fraction of sp³-hybridized carbons (Fsp3) is 0.360. The number of amides is 1. The van der Waals surface area contributed by atoms with Gasteiger partial charge in [0.1, 0.15) is 11.4 Å². The highest BCUT2D eigenvalue weighted by atomic mass is 16.5. The highest BCUT2D eigenvalue weighted by molar-refractivity contribution is 5.83. The summed E-state index contributed by atoms with van der Waals surface area (Å²) in [6.07, 6.45) is -0.868. The lowest BCUT2D eigenvalue weighted by molar-refractivity contribution is -0.160. The van der Waals surface area contributed by atoms with Gasteiger partial charge >= 0.3 is 5.97 Å². The fourth-order valence-electron chi connectivity index (χ4n) is 3.90. The van der Waals surface area contributed by atoms with Crippen molar-refractivity contribution in [3.63, 3.8) is 0 Å². The molecule has 1 aliphatic heterocycles. The summed E-state index contributed by atoms with van der Waals surface area (Å²) in [5.74, 6) is -0.124. The molecule has 0 unspecified atom stereocenters. The monoisotopic (exact) mass is 465 g/mol. The smallest absolute Gasteiger partial charge is 0.306 e. The number of carbonyl (C=O) groups excluding carboxylic acids is 2. The Labute approximate surface area is 196 Å². The molecule has 1 saturated heterocycles. The Balaban J connectivity index is 1.51. The first-order valence-corrected chi connectivity index (χ1v) is 11.2. The molecule has 0 aliphatic carbocycles. The van der Waals surface area contributed by atoms with Crippen LogP contribution in [0.4, 0.5) is 0 Å². The van der Waals surface area contributed by atoms with Gasteiger partial charge < -0.3 is 19.1 Å². The third kappa shape index (κ3) is 5.09. The van der Waals surface area contributed by atoms with Gasteiger partial charge in [0.2, 0.25) is 0 Å². The van der Waals surface area contributed by atoms with Crippen molar-refractivity contribution in [2.24, 2.45) is 0 Å². The van der Waals surface area contributed by atoms with Crippen LogP contribution in [0.1, 0.15) is 19.0 Å². The van der Waals surface area contributed by atoms with Gasteiger partial charge in [-0.1, -0.05) is 12.1 Å². The lowest BCUT2D eigenvalue weighted by atomic mass is 10.2. The molecule has 1 aliphatic rings. The quantitative estimate of drug-likeness (QED) is 0.493. The summed E-state index contributed by atoms with van der Waals surface area (Å²) < 4.78 is 17.4. The van der Waals surface area contributed by atoms with E-state index in [0.29, 0.717) is 48.8 Å². The molecule has 1 fully saturated rings. The molecule has 178 valence electrons. The molecule has 1 atom stereocenters. The number of ether oxygens (including phenoxy) is 3. The maximum Gasteiger partial charge on any atom is 0.306 e. The summed E-state index contributed by atoms with van der Waals surface area (Å²) in [6, 6.07) is 14.5. The van der Waals surface area contributed by atoms with E-state index in [2.05, 4.69) is 4.98 Å². The first-order chi connectivity index (χ1) is 16.5. The molecule has 9 heteroatoms. The summed E-state index contributed by atoms with van der Waals surface area (Å²) in [4.78, 5) is 44.4. The van der Waals surface area contributed by atoms with Crippen molar-refractivity contribution in [2.75, 3.05) is 33.4 Å². The average Bonchev–Trinajstić information content (AvgIpc) is 2.87. The van der Waals surface area contributed by atoms with Gasteiger partial charge in [-0.05, 0) is 43.3 Å². The van der Waals surface area contributed by atoms with E-state index in [0.717, 1.165) is 0 Å². The van der Waals surface area contributed by atoms with Crippen LogP contribution in [-0.4, -0.2) is 65.8 Å². The van der Waals surface area contributed by atoms with Crippen molar-refractivity contribution in [1.82, 2.24) is 14.5 Å². The van der Waals surface area contributed by atoms with Crippen molar-refractivity contribution in [3.05, 3.63) is 64.6 Å². The standard InChI is InChI=1S/C25H27N3O6/c1-17(24(30)27-13-15-33-16-14-27)34-23(29)12-11-21-25(31)28(18-7-9-19(32-2)10-8-18)22-6-4-3-5-20(22)26-21/h3-10,17H,11-16H2,1-2H3/t17-/m0/s1. The molecular weight excluding hydrogens is 438 g/mol. The van der Waals surface area contributed by atoms with E-state index >= 15 is 0 Å². The zero-order valence-electron chi connectivity index (χ0n) is 19.2. The zero-order valence-corrected chi connectivity index (χ0v) is 19.2. The van der Waals surface area contributed by atoms with Crippen LogP contribution in [0.3, 0.4) is 0 Å². The fourth-order valence-corrected chi connectivity index (χ4v) is 3.90. The van der Waals surface area contributed by atoms with Crippen LogP contribution in [0.5, 0.6) is 5.75 Å². The van der Waals surface area contributed by atoms with Gasteiger partial charge in [0.05, 0.1) is 37.8 Å². The van der Waals surface area contributed by atoms with Crippen LogP contribution < -0.4 is 10.3 Å². The second-order valence-electron chi connectivity index (χ2n) is 7.96. The Morgan fingerprint density at radius 1 is 1.09 bits per heavy atom. The molecule has 1 amide bonds. The van der Waals surface area contributed by atoms with Crippen LogP contribution in [0.25, 0.3) is 16.7 Å². The Hall–Kier alpha value is -3.72.